The quantitative estimate of drug-likeness (QED) is 0.685. The van der Waals surface area contributed by atoms with Crippen LogP contribution in [0.1, 0.15) is 21.9 Å². The number of fused-ring (bicyclic) bond motifs is 1. The summed E-state index contributed by atoms with van der Waals surface area (Å²) in [6.45, 7) is 7.93. The van der Waals surface area contributed by atoms with Crippen LogP contribution < -0.4 is 5.73 Å². The average molecular weight is 352 g/mol. The maximum atomic E-state index is 13.2. The SMILES string of the molecule is C=Cc1cccc2c1ccn2S(=O)(=O)C(C=C)c1ccc(CN)cc1. The van der Waals surface area contributed by atoms with Gasteiger partial charge >= 0.3 is 0 Å². The van der Waals surface area contributed by atoms with Crippen molar-refractivity contribution in [2.24, 2.45) is 5.73 Å². The molecule has 0 saturated carbocycles. The Kier molecular flexibility index (Phi) is 4.61. The molecule has 0 bridgehead atoms. The summed E-state index contributed by atoms with van der Waals surface area (Å²) in [6, 6.07) is 14.6. The van der Waals surface area contributed by atoms with E-state index in [-0.39, 0.29) is 0 Å². The Morgan fingerprint density at radius 2 is 1.80 bits per heavy atom. The molecule has 2 aromatic carbocycles. The number of hydrogen-bond acceptors (Lipinski definition) is 3. The van der Waals surface area contributed by atoms with E-state index in [0.29, 0.717) is 17.6 Å². The summed E-state index contributed by atoms with van der Waals surface area (Å²) in [5.41, 5.74) is 8.75. The van der Waals surface area contributed by atoms with Crippen LogP contribution in [-0.4, -0.2) is 12.4 Å². The van der Waals surface area contributed by atoms with Crippen LogP contribution in [0.25, 0.3) is 17.0 Å². The maximum absolute atomic E-state index is 13.2. The fraction of sp³-hybridized carbons (Fsp3) is 0.100. The normalized spacial score (nSPS) is 12.8. The van der Waals surface area contributed by atoms with Crippen LogP contribution in [0.2, 0.25) is 0 Å². The first-order valence-corrected chi connectivity index (χ1v) is 9.41. The molecule has 0 saturated heterocycles. The second kappa shape index (κ2) is 6.70. The second-order valence-corrected chi connectivity index (χ2v) is 7.67. The molecule has 128 valence electrons. The molecule has 5 heteroatoms. The van der Waals surface area contributed by atoms with Gasteiger partial charge in [-0.05, 0) is 28.8 Å². The van der Waals surface area contributed by atoms with Crippen molar-refractivity contribution >= 4 is 27.0 Å². The zero-order valence-electron chi connectivity index (χ0n) is 13.8. The largest absolute Gasteiger partial charge is 0.326 e. The lowest BCUT2D eigenvalue weighted by molar-refractivity contribution is 0.583. The van der Waals surface area contributed by atoms with Gasteiger partial charge < -0.3 is 5.73 Å². The minimum atomic E-state index is -3.70. The van der Waals surface area contributed by atoms with Crippen LogP contribution in [0, 0.1) is 0 Å². The zero-order chi connectivity index (χ0) is 18.0. The summed E-state index contributed by atoms with van der Waals surface area (Å²) in [4.78, 5) is 0. The molecule has 0 fully saturated rings. The predicted molar refractivity (Wildman–Crippen MR) is 104 cm³/mol. The lowest BCUT2D eigenvalue weighted by atomic mass is 10.1. The number of hydrogen-bond donors (Lipinski definition) is 1. The molecule has 1 atom stereocenters. The monoisotopic (exact) mass is 352 g/mol. The standard InChI is InChI=1S/C20H20N2O2S/c1-3-16-6-5-7-19-18(16)12-13-22(19)25(23,24)20(4-2)17-10-8-15(14-21)9-11-17/h3-13,20H,1-2,14,21H2. The second-order valence-electron chi connectivity index (χ2n) is 5.74. The van der Waals surface area contributed by atoms with Crippen molar-refractivity contribution in [3.8, 4) is 0 Å². The van der Waals surface area contributed by atoms with Crippen LogP contribution in [0.15, 0.2) is 74.0 Å². The topological polar surface area (TPSA) is 65.1 Å². The predicted octanol–water partition coefficient (Wildman–Crippen LogP) is 3.85. The van der Waals surface area contributed by atoms with Crippen molar-refractivity contribution in [3.63, 3.8) is 0 Å². The van der Waals surface area contributed by atoms with Gasteiger partial charge in [0.1, 0.15) is 5.25 Å². The molecule has 0 aliphatic rings. The Hall–Kier alpha value is -2.63. The number of rotatable bonds is 6. The molecule has 25 heavy (non-hydrogen) atoms. The molecule has 0 spiro atoms. The highest BCUT2D eigenvalue weighted by atomic mass is 32.2. The number of benzene rings is 2. The van der Waals surface area contributed by atoms with Gasteiger partial charge in [0.05, 0.1) is 5.52 Å². The van der Waals surface area contributed by atoms with Crippen LogP contribution >= 0.6 is 0 Å². The van der Waals surface area contributed by atoms with Gasteiger partial charge in [-0.15, -0.1) is 6.58 Å². The van der Waals surface area contributed by atoms with Gasteiger partial charge in [-0.3, -0.25) is 0 Å². The Balaban J connectivity index is 2.13. The van der Waals surface area contributed by atoms with Crippen molar-refractivity contribution in [1.82, 2.24) is 3.97 Å². The lowest BCUT2D eigenvalue weighted by Crippen LogP contribution is -2.19. The highest BCUT2D eigenvalue weighted by Gasteiger charge is 2.27. The summed E-state index contributed by atoms with van der Waals surface area (Å²) in [6.07, 6.45) is 4.75. The molecule has 1 aromatic heterocycles. The third kappa shape index (κ3) is 2.92. The molecule has 0 radical (unpaired) electrons. The summed E-state index contributed by atoms with van der Waals surface area (Å²) >= 11 is 0. The zero-order valence-corrected chi connectivity index (χ0v) is 14.6. The fourth-order valence-electron chi connectivity index (χ4n) is 2.96. The van der Waals surface area contributed by atoms with Crippen LogP contribution in [0.3, 0.4) is 0 Å². The minimum Gasteiger partial charge on any atom is -0.326 e. The highest BCUT2D eigenvalue weighted by Crippen LogP contribution is 2.30. The van der Waals surface area contributed by atoms with Gasteiger partial charge in [0.2, 0.25) is 10.0 Å². The Morgan fingerprint density at radius 1 is 1.08 bits per heavy atom. The van der Waals surface area contributed by atoms with Gasteiger partial charge in [0, 0.05) is 18.1 Å². The number of aromatic nitrogens is 1. The van der Waals surface area contributed by atoms with Crippen LogP contribution in [0.4, 0.5) is 0 Å². The van der Waals surface area contributed by atoms with E-state index in [0.717, 1.165) is 16.5 Å². The van der Waals surface area contributed by atoms with E-state index in [4.69, 9.17) is 5.73 Å². The van der Waals surface area contributed by atoms with E-state index in [1.807, 2.05) is 24.3 Å². The van der Waals surface area contributed by atoms with Gasteiger partial charge in [-0.2, -0.15) is 0 Å². The molecule has 3 rings (SSSR count). The third-order valence-electron chi connectivity index (χ3n) is 4.30. The first-order chi connectivity index (χ1) is 12.0. The summed E-state index contributed by atoms with van der Waals surface area (Å²) in [5.74, 6) is 0. The smallest absolute Gasteiger partial charge is 0.249 e. The molecule has 4 nitrogen and oxygen atoms in total. The number of nitrogens with zero attached hydrogens (tertiary/aromatic N) is 1. The van der Waals surface area contributed by atoms with Crippen molar-refractivity contribution in [3.05, 3.63) is 90.7 Å². The molecule has 1 heterocycles. The maximum Gasteiger partial charge on any atom is 0.249 e. The molecule has 0 amide bonds. The Labute approximate surface area is 148 Å². The highest BCUT2D eigenvalue weighted by molar-refractivity contribution is 7.90. The molecule has 0 aliphatic carbocycles. The van der Waals surface area contributed by atoms with Crippen molar-refractivity contribution in [2.45, 2.75) is 11.8 Å². The summed E-state index contributed by atoms with van der Waals surface area (Å²) in [5, 5.41) is 0.00433. The molecule has 1 unspecified atom stereocenters. The van der Waals surface area contributed by atoms with Crippen molar-refractivity contribution in [1.29, 1.82) is 0 Å². The van der Waals surface area contributed by atoms with E-state index in [9.17, 15) is 8.42 Å². The van der Waals surface area contributed by atoms with Gasteiger partial charge in [-0.1, -0.05) is 55.1 Å². The lowest BCUT2D eigenvalue weighted by Gasteiger charge is -2.16. The molecular formula is C20H20N2O2S. The molecule has 0 aliphatic heterocycles. The van der Waals surface area contributed by atoms with Crippen LogP contribution in [0.5, 0.6) is 0 Å². The molecule has 3 aromatic rings. The van der Waals surface area contributed by atoms with Gasteiger partial charge in [0.15, 0.2) is 0 Å². The Morgan fingerprint density at radius 3 is 2.40 bits per heavy atom. The Bertz CT molecular complexity index is 1030. The molecular weight excluding hydrogens is 332 g/mol. The summed E-state index contributed by atoms with van der Waals surface area (Å²) in [7, 11) is -3.70. The molecule has 2 N–H and O–H groups in total. The van der Waals surface area contributed by atoms with E-state index in [2.05, 4.69) is 13.2 Å². The van der Waals surface area contributed by atoms with Gasteiger partial charge in [-0.25, -0.2) is 12.4 Å². The fourth-order valence-corrected chi connectivity index (χ4v) is 4.61. The van der Waals surface area contributed by atoms with Crippen LogP contribution in [-0.2, 0) is 16.6 Å². The van der Waals surface area contributed by atoms with Gasteiger partial charge in [0.25, 0.3) is 0 Å². The summed E-state index contributed by atoms with van der Waals surface area (Å²) < 4.78 is 27.8. The number of nitrogens with two attached hydrogens (primary N) is 1. The first kappa shape index (κ1) is 17.2. The first-order valence-electron chi connectivity index (χ1n) is 7.91. The van der Waals surface area contributed by atoms with E-state index < -0.39 is 15.3 Å². The van der Waals surface area contributed by atoms with E-state index in [1.165, 1.54) is 10.0 Å². The van der Waals surface area contributed by atoms with E-state index in [1.54, 1.807) is 36.5 Å². The minimum absolute atomic E-state index is 0.415. The van der Waals surface area contributed by atoms with Crippen molar-refractivity contribution in [2.75, 3.05) is 0 Å². The third-order valence-corrected chi connectivity index (χ3v) is 6.28. The van der Waals surface area contributed by atoms with E-state index >= 15 is 0 Å². The van der Waals surface area contributed by atoms with Crippen molar-refractivity contribution < 1.29 is 8.42 Å². The average Bonchev–Trinajstić information content (AvgIpc) is 3.07.